The minimum Gasteiger partial charge on any atom is -0.488 e. The van der Waals surface area contributed by atoms with E-state index in [0.717, 1.165) is 27.6 Å². The van der Waals surface area contributed by atoms with E-state index in [1.54, 1.807) is 23.7 Å². The quantitative estimate of drug-likeness (QED) is 0.314. The summed E-state index contributed by atoms with van der Waals surface area (Å²) in [5.74, 6) is 0.571. The van der Waals surface area contributed by atoms with E-state index >= 15 is 0 Å². The van der Waals surface area contributed by atoms with Gasteiger partial charge in [0, 0.05) is 23.9 Å². The van der Waals surface area contributed by atoms with E-state index in [-0.39, 0.29) is 12.2 Å². The molecule has 4 rings (SSSR count). The summed E-state index contributed by atoms with van der Waals surface area (Å²) in [7, 11) is 1.78. The fraction of sp³-hybridized carbons (Fsp3) is 0.160. The van der Waals surface area contributed by atoms with Crippen molar-refractivity contribution in [2.45, 2.75) is 20.0 Å². The molecule has 0 amide bonds. The largest absolute Gasteiger partial charge is 0.488 e. The number of rotatable bonds is 5. The maximum absolute atomic E-state index is 13.3. The maximum atomic E-state index is 13.3. The molecule has 4 aromatic rings. The predicted molar refractivity (Wildman–Crippen MR) is 129 cm³/mol. The topological polar surface area (TPSA) is 31.2 Å². The van der Waals surface area contributed by atoms with Crippen LogP contribution in [0.5, 0.6) is 5.75 Å². The summed E-state index contributed by atoms with van der Waals surface area (Å²) in [6.45, 7) is 2.21. The number of fused-ring (bicyclic) bond motifs is 1. The van der Waals surface area contributed by atoms with Gasteiger partial charge in [-0.2, -0.15) is 0 Å². The molecule has 0 unspecified atom stereocenters. The molecule has 3 aromatic carbocycles. The normalized spacial score (nSPS) is 11.1. The maximum Gasteiger partial charge on any atom is 0.258 e. The molecule has 0 spiro atoms. The fourth-order valence-corrected chi connectivity index (χ4v) is 4.11. The van der Waals surface area contributed by atoms with Gasteiger partial charge < -0.3 is 9.30 Å². The van der Waals surface area contributed by atoms with Crippen LogP contribution in [0.2, 0.25) is 15.1 Å². The molecular weight excluding hydrogens is 453 g/mol. The average Bonchev–Trinajstić information content (AvgIpc) is 2.76. The molecule has 0 radical (unpaired) electrons. The third-order valence-electron chi connectivity index (χ3n) is 5.33. The Morgan fingerprint density at radius 1 is 0.871 bits per heavy atom. The number of hydrogen-bond donors (Lipinski definition) is 0. The zero-order chi connectivity index (χ0) is 22.1. The Hall–Kier alpha value is -2.46. The highest BCUT2D eigenvalue weighted by Crippen LogP contribution is 2.31. The lowest BCUT2D eigenvalue weighted by Gasteiger charge is -2.17. The summed E-state index contributed by atoms with van der Waals surface area (Å²) < 4.78 is 7.90. The summed E-state index contributed by atoms with van der Waals surface area (Å²) in [4.78, 5) is 13.3. The number of nitrogens with zero attached hydrogens (tertiary/aromatic N) is 1. The second kappa shape index (κ2) is 8.96. The zero-order valence-electron chi connectivity index (χ0n) is 17.1. The van der Waals surface area contributed by atoms with E-state index in [4.69, 9.17) is 39.5 Å². The molecule has 0 saturated carbocycles. The Labute approximate surface area is 195 Å². The van der Waals surface area contributed by atoms with E-state index in [0.29, 0.717) is 32.8 Å². The third-order valence-corrected chi connectivity index (χ3v) is 6.48. The van der Waals surface area contributed by atoms with Gasteiger partial charge in [0.05, 0.1) is 21.1 Å². The smallest absolute Gasteiger partial charge is 0.258 e. The van der Waals surface area contributed by atoms with Gasteiger partial charge >= 0.3 is 0 Å². The van der Waals surface area contributed by atoms with Crippen LogP contribution >= 0.6 is 34.8 Å². The second-order valence-electron chi connectivity index (χ2n) is 7.49. The highest BCUT2D eigenvalue weighted by molar-refractivity contribution is 6.42. The van der Waals surface area contributed by atoms with E-state index < -0.39 is 0 Å². The van der Waals surface area contributed by atoms with Gasteiger partial charge in [-0.25, -0.2) is 0 Å². The Morgan fingerprint density at radius 3 is 2.32 bits per heavy atom. The van der Waals surface area contributed by atoms with Crippen molar-refractivity contribution >= 4 is 45.7 Å². The lowest BCUT2D eigenvalue weighted by atomic mass is 10.0. The first-order chi connectivity index (χ1) is 14.8. The lowest BCUT2D eigenvalue weighted by Crippen LogP contribution is -2.23. The van der Waals surface area contributed by atoms with E-state index in [2.05, 4.69) is 0 Å². The molecule has 1 heterocycles. The number of halogens is 3. The van der Waals surface area contributed by atoms with Gasteiger partial charge in [0.1, 0.15) is 12.4 Å². The van der Waals surface area contributed by atoms with Crippen molar-refractivity contribution in [1.82, 2.24) is 4.57 Å². The number of benzene rings is 3. The molecule has 1 aromatic heterocycles. The van der Waals surface area contributed by atoms with Crippen molar-refractivity contribution in [1.29, 1.82) is 0 Å². The van der Waals surface area contributed by atoms with Crippen molar-refractivity contribution in [3.05, 3.63) is 108 Å². The molecule has 0 aliphatic rings. The summed E-state index contributed by atoms with van der Waals surface area (Å²) in [5.41, 5.74) is 4.10. The molecule has 0 aliphatic heterocycles. The monoisotopic (exact) mass is 471 g/mol. The van der Waals surface area contributed by atoms with Gasteiger partial charge in [0.25, 0.3) is 5.56 Å². The van der Waals surface area contributed by atoms with Crippen LogP contribution in [-0.2, 0) is 20.1 Å². The third kappa shape index (κ3) is 4.45. The van der Waals surface area contributed by atoms with Crippen molar-refractivity contribution in [3.63, 3.8) is 0 Å². The Balaban J connectivity index is 1.81. The first-order valence-corrected chi connectivity index (χ1v) is 10.9. The number of hydrogen-bond acceptors (Lipinski definition) is 2. The molecule has 31 heavy (non-hydrogen) atoms. The van der Waals surface area contributed by atoms with Crippen LogP contribution in [0.25, 0.3) is 10.9 Å². The highest BCUT2D eigenvalue weighted by Gasteiger charge is 2.18. The van der Waals surface area contributed by atoms with Gasteiger partial charge in [-0.1, -0.05) is 65.1 Å². The zero-order valence-corrected chi connectivity index (χ0v) is 19.4. The molecular formula is C25H20Cl3NO2. The standard InChI is InChI=1S/C25H20Cl3NO2/c1-15-7-8-16(12-21(15)27)11-19-24(31-14-17-9-10-20(26)22(28)13-17)18-5-3-4-6-23(18)29(2)25(19)30/h3-10,12-13H,11,14H2,1-2H3. The fourth-order valence-electron chi connectivity index (χ4n) is 3.59. The van der Waals surface area contributed by atoms with E-state index in [1.807, 2.05) is 55.5 Å². The molecule has 158 valence electrons. The number of para-hydroxylation sites is 1. The van der Waals surface area contributed by atoms with Crippen molar-refractivity contribution in [3.8, 4) is 5.75 Å². The first kappa shape index (κ1) is 21.8. The van der Waals surface area contributed by atoms with E-state index in [9.17, 15) is 4.79 Å². The molecule has 0 bridgehead atoms. The molecule has 0 saturated heterocycles. The van der Waals surface area contributed by atoms with Crippen molar-refractivity contribution < 1.29 is 4.74 Å². The molecule has 3 nitrogen and oxygen atoms in total. The van der Waals surface area contributed by atoms with Crippen LogP contribution < -0.4 is 10.3 Å². The van der Waals surface area contributed by atoms with Gasteiger partial charge in [0.2, 0.25) is 0 Å². The SMILES string of the molecule is Cc1ccc(Cc2c(OCc3ccc(Cl)c(Cl)c3)c3ccccc3n(C)c2=O)cc1Cl. The lowest BCUT2D eigenvalue weighted by molar-refractivity contribution is 0.306. The van der Waals surface area contributed by atoms with Crippen LogP contribution in [0.15, 0.2) is 65.5 Å². The summed E-state index contributed by atoms with van der Waals surface area (Å²) in [6, 6.07) is 18.9. The molecule has 0 atom stereocenters. The van der Waals surface area contributed by atoms with Crippen molar-refractivity contribution in [2.24, 2.45) is 7.05 Å². The van der Waals surface area contributed by atoms with Crippen LogP contribution in [0, 0.1) is 6.92 Å². The molecule has 0 N–H and O–H groups in total. The van der Waals surface area contributed by atoms with Crippen LogP contribution in [0.3, 0.4) is 0 Å². The predicted octanol–water partition coefficient (Wildman–Crippen LogP) is 6.98. The average molecular weight is 473 g/mol. The Bertz CT molecular complexity index is 1340. The van der Waals surface area contributed by atoms with Gasteiger partial charge in [-0.15, -0.1) is 0 Å². The second-order valence-corrected chi connectivity index (χ2v) is 8.71. The molecule has 0 fully saturated rings. The minimum atomic E-state index is -0.0977. The summed E-state index contributed by atoms with van der Waals surface area (Å²) in [5, 5.41) is 2.50. The number of pyridine rings is 1. The van der Waals surface area contributed by atoms with Gasteiger partial charge in [-0.05, 0) is 53.9 Å². The van der Waals surface area contributed by atoms with Gasteiger partial charge in [0.15, 0.2) is 0 Å². The summed E-state index contributed by atoms with van der Waals surface area (Å²) in [6.07, 6.45) is 0.411. The van der Waals surface area contributed by atoms with E-state index in [1.165, 1.54) is 0 Å². The Morgan fingerprint density at radius 2 is 1.58 bits per heavy atom. The summed E-state index contributed by atoms with van der Waals surface area (Å²) >= 11 is 18.5. The molecule has 0 aliphatic carbocycles. The van der Waals surface area contributed by atoms with Gasteiger partial charge in [-0.3, -0.25) is 4.79 Å². The number of ether oxygens (including phenoxy) is 1. The molecule has 6 heteroatoms. The van der Waals surface area contributed by atoms with Crippen LogP contribution in [0.1, 0.15) is 22.3 Å². The van der Waals surface area contributed by atoms with Crippen LogP contribution in [0.4, 0.5) is 0 Å². The number of aromatic nitrogens is 1. The van der Waals surface area contributed by atoms with Crippen LogP contribution in [-0.4, -0.2) is 4.57 Å². The Kier molecular flexibility index (Phi) is 6.29. The first-order valence-electron chi connectivity index (χ1n) is 9.77. The number of aryl methyl sites for hydroxylation is 2. The highest BCUT2D eigenvalue weighted by atomic mass is 35.5. The minimum absolute atomic E-state index is 0.0977. The van der Waals surface area contributed by atoms with Crippen molar-refractivity contribution in [2.75, 3.05) is 0 Å².